The number of nitrogens with zero attached hydrogens (tertiary/aromatic N) is 1. The molecular formula is C14H26N2O4. The van der Waals surface area contributed by atoms with Crippen LogP contribution in [0.15, 0.2) is 0 Å². The molecule has 0 aromatic heterocycles. The first-order chi connectivity index (χ1) is 9.17. The molecule has 6 heteroatoms. The molecule has 2 unspecified atom stereocenters. The second-order valence-electron chi connectivity index (χ2n) is 6.36. The molecular weight excluding hydrogens is 260 g/mol. The van der Waals surface area contributed by atoms with Gasteiger partial charge in [-0.05, 0) is 18.3 Å². The molecule has 1 saturated heterocycles. The van der Waals surface area contributed by atoms with Crippen LogP contribution in [0.5, 0.6) is 0 Å². The molecule has 1 fully saturated rings. The van der Waals surface area contributed by atoms with E-state index >= 15 is 0 Å². The van der Waals surface area contributed by atoms with Crippen molar-refractivity contribution in [2.45, 2.75) is 52.3 Å². The lowest BCUT2D eigenvalue weighted by atomic mass is 9.86. The number of aliphatic hydroxyl groups is 1. The zero-order valence-corrected chi connectivity index (χ0v) is 12.7. The van der Waals surface area contributed by atoms with Gasteiger partial charge in [0.2, 0.25) is 5.91 Å². The van der Waals surface area contributed by atoms with Gasteiger partial charge in [0.15, 0.2) is 0 Å². The molecule has 0 aliphatic carbocycles. The Morgan fingerprint density at radius 2 is 2.00 bits per heavy atom. The number of rotatable bonds is 7. The molecule has 6 nitrogen and oxygen atoms in total. The highest BCUT2D eigenvalue weighted by Gasteiger charge is 2.47. The number of aliphatic carboxylic acids is 1. The SMILES string of the molecule is CC(C)CC1(C(C)C)NC(=O)CN1CC(O)CC(=O)O. The van der Waals surface area contributed by atoms with Crippen LogP contribution in [-0.4, -0.2) is 51.8 Å². The number of carbonyl (C=O) groups is 2. The van der Waals surface area contributed by atoms with E-state index in [0.29, 0.717) is 5.92 Å². The van der Waals surface area contributed by atoms with Crippen molar-refractivity contribution in [2.75, 3.05) is 13.1 Å². The normalized spacial score (nSPS) is 25.2. The number of hydrogen-bond acceptors (Lipinski definition) is 4. The van der Waals surface area contributed by atoms with E-state index in [-0.39, 0.29) is 31.3 Å². The maximum Gasteiger partial charge on any atom is 0.306 e. The Hall–Kier alpha value is -1.14. The minimum atomic E-state index is -1.03. The molecule has 2 atom stereocenters. The zero-order chi connectivity index (χ0) is 15.5. The van der Waals surface area contributed by atoms with Gasteiger partial charge < -0.3 is 15.5 Å². The fourth-order valence-electron chi connectivity index (χ4n) is 2.97. The summed E-state index contributed by atoms with van der Waals surface area (Å²) in [6.07, 6.45) is -0.498. The molecule has 0 bridgehead atoms. The van der Waals surface area contributed by atoms with Crippen LogP contribution in [0.1, 0.15) is 40.5 Å². The maximum atomic E-state index is 11.8. The monoisotopic (exact) mass is 286 g/mol. The third kappa shape index (κ3) is 3.93. The number of hydrogen-bond donors (Lipinski definition) is 3. The Bertz CT molecular complexity index is 370. The van der Waals surface area contributed by atoms with Gasteiger partial charge in [-0.1, -0.05) is 27.7 Å². The molecule has 116 valence electrons. The van der Waals surface area contributed by atoms with E-state index in [1.54, 1.807) is 0 Å². The molecule has 0 spiro atoms. The van der Waals surface area contributed by atoms with Gasteiger partial charge >= 0.3 is 5.97 Å². The van der Waals surface area contributed by atoms with Crippen LogP contribution >= 0.6 is 0 Å². The maximum absolute atomic E-state index is 11.8. The summed E-state index contributed by atoms with van der Waals surface area (Å²) >= 11 is 0. The predicted octanol–water partition coefficient (Wildman–Crippen LogP) is 0.652. The molecule has 1 amide bonds. The van der Waals surface area contributed by atoms with Crippen molar-refractivity contribution < 1.29 is 19.8 Å². The van der Waals surface area contributed by atoms with Gasteiger partial charge in [-0.3, -0.25) is 14.5 Å². The molecule has 0 aromatic rings. The summed E-state index contributed by atoms with van der Waals surface area (Å²) in [4.78, 5) is 24.4. The molecule has 3 N–H and O–H groups in total. The average molecular weight is 286 g/mol. The number of aliphatic hydroxyl groups excluding tert-OH is 1. The number of carbonyl (C=O) groups excluding carboxylic acids is 1. The van der Waals surface area contributed by atoms with Gasteiger partial charge in [-0.2, -0.15) is 0 Å². The highest BCUT2D eigenvalue weighted by Crippen LogP contribution is 2.33. The summed E-state index contributed by atoms with van der Waals surface area (Å²) in [6, 6.07) is 0. The second-order valence-corrected chi connectivity index (χ2v) is 6.36. The van der Waals surface area contributed by atoms with E-state index < -0.39 is 17.7 Å². The van der Waals surface area contributed by atoms with Crippen LogP contribution in [0.3, 0.4) is 0 Å². The number of amides is 1. The summed E-state index contributed by atoms with van der Waals surface area (Å²) in [5.74, 6) is -0.542. The lowest BCUT2D eigenvalue weighted by Crippen LogP contribution is -2.58. The van der Waals surface area contributed by atoms with Gasteiger partial charge in [0, 0.05) is 6.54 Å². The lowest BCUT2D eigenvalue weighted by Gasteiger charge is -2.43. The van der Waals surface area contributed by atoms with Crippen LogP contribution in [0.25, 0.3) is 0 Å². The highest BCUT2D eigenvalue weighted by molar-refractivity contribution is 5.81. The largest absolute Gasteiger partial charge is 0.481 e. The topological polar surface area (TPSA) is 89.9 Å². The van der Waals surface area contributed by atoms with Gasteiger partial charge in [-0.25, -0.2) is 0 Å². The Morgan fingerprint density at radius 3 is 2.45 bits per heavy atom. The van der Waals surface area contributed by atoms with Crippen molar-refractivity contribution in [3.05, 3.63) is 0 Å². The molecule has 0 radical (unpaired) electrons. The van der Waals surface area contributed by atoms with E-state index in [2.05, 4.69) is 19.2 Å². The Labute approximate surface area is 120 Å². The van der Waals surface area contributed by atoms with Crippen molar-refractivity contribution in [1.29, 1.82) is 0 Å². The van der Waals surface area contributed by atoms with Crippen molar-refractivity contribution in [3.8, 4) is 0 Å². The van der Waals surface area contributed by atoms with E-state index in [4.69, 9.17) is 5.11 Å². The summed E-state index contributed by atoms with van der Waals surface area (Å²) < 4.78 is 0. The molecule has 1 aliphatic heterocycles. The van der Waals surface area contributed by atoms with Gasteiger partial charge in [0.1, 0.15) is 0 Å². The van der Waals surface area contributed by atoms with Gasteiger partial charge in [0.05, 0.1) is 24.7 Å². The molecule has 1 rings (SSSR count). The Morgan fingerprint density at radius 1 is 1.40 bits per heavy atom. The van der Waals surface area contributed by atoms with Crippen molar-refractivity contribution in [1.82, 2.24) is 10.2 Å². The van der Waals surface area contributed by atoms with Crippen molar-refractivity contribution in [2.24, 2.45) is 11.8 Å². The van der Waals surface area contributed by atoms with Crippen LogP contribution in [0, 0.1) is 11.8 Å². The Balaban J connectivity index is 2.89. The summed E-state index contributed by atoms with van der Waals surface area (Å²) in [7, 11) is 0. The first kappa shape index (κ1) is 16.9. The van der Waals surface area contributed by atoms with Crippen LogP contribution < -0.4 is 5.32 Å². The summed E-state index contributed by atoms with van der Waals surface area (Å²) in [5.41, 5.74) is -0.495. The standard InChI is InChI=1S/C14H26N2O4/c1-9(2)6-14(10(3)4)15-12(18)8-16(14)7-11(17)5-13(19)20/h9-11,17H,5-8H2,1-4H3,(H,15,18)(H,19,20). The first-order valence-electron chi connectivity index (χ1n) is 7.13. The Kier molecular flexibility index (Phi) is 5.53. The van der Waals surface area contributed by atoms with E-state index in [1.165, 1.54) is 0 Å². The third-order valence-corrected chi connectivity index (χ3v) is 3.77. The molecule has 0 saturated carbocycles. The minimum Gasteiger partial charge on any atom is -0.481 e. The summed E-state index contributed by atoms with van der Waals surface area (Å²) in [5, 5.41) is 21.6. The highest BCUT2D eigenvalue weighted by atomic mass is 16.4. The average Bonchev–Trinajstić information content (AvgIpc) is 2.53. The van der Waals surface area contributed by atoms with Gasteiger partial charge in [0.25, 0.3) is 0 Å². The predicted molar refractivity (Wildman–Crippen MR) is 75.0 cm³/mol. The van der Waals surface area contributed by atoms with Crippen LogP contribution in [0.2, 0.25) is 0 Å². The minimum absolute atomic E-state index is 0.0677. The van der Waals surface area contributed by atoms with Crippen LogP contribution in [0.4, 0.5) is 0 Å². The quantitative estimate of drug-likeness (QED) is 0.639. The second kappa shape index (κ2) is 6.54. The number of β-amino-alcohol motifs (C(OH)–C–C–N with tert-alkyl or cyclic N) is 1. The first-order valence-corrected chi connectivity index (χ1v) is 7.13. The fourth-order valence-corrected chi connectivity index (χ4v) is 2.97. The molecule has 1 aliphatic rings. The number of carboxylic acid groups (broad SMARTS) is 1. The van der Waals surface area contributed by atoms with Crippen LogP contribution in [-0.2, 0) is 9.59 Å². The third-order valence-electron chi connectivity index (χ3n) is 3.77. The number of nitrogens with one attached hydrogen (secondary N) is 1. The molecule has 20 heavy (non-hydrogen) atoms. The molecule has 1 heterocycles. The summed E-state index contributed by atoms with van der Waals surface area (Å²) in [6.45, 7) is 8.63. The lowest BCUT2D eigenvalue weighted by molar-refractivity contribution is -0.139. The van der Waals surface area contributed by atoms with Crippen molar-refractivity contribution in [3.63, 3.8) is 0 Å². The van der Waals surface area contributed by atoms with E-state index in [0.717, 1.165) is 6.42 Å². The van der Waals surface area contributed by atoms with Crippen molar-refractivity contribution >= 4 is 11.9 Å². The van der Waals surface area contributed by atoms with E-state index in [1.807, 2.05) is 18.7 Å². The molecule has 0 aromatic carbocycles. The van der Waals surface area contributed by atoms with E-state index in [9.17, 15) is 14.7 Å². The smallest absolute Gasteiger partial charge is 0.306 e. The van der Waals surface area contributed by atoms with Gasteiger partial charge in [-0.15, -0.1) is 0 Å². The fraction of sp³-hybridized carbons (Fsp3) is 0.857. The zero-order valence-electron chi connectivity index (χ0n) is 12.7. The number of carboxylic acids is 1.